The lowest BCUT2D eigenvalue weighted by Gasteiger charge is -2.01. The number of aromatic nitrogens is 2. The molecule has 1 heterocycles. The smallest absolute Gasteiger partial charge is 0.147 e. The van der Waals surface area contributed by atoms with E-state index in [4.69, 9.17) is 0 Å². The van der Waals surface area contributed by atoms with Crippen LogP contribution in [0, 0.1) is 0 Å². The number of rotatable bonds is 3. The van der Waals surface area contributed by atoms with Crippen LogP contribution >= 0.6 is 11.3 Å². The van der Waals surface area contributed by atoms with Crippen molar-refractivity contribution in [3.8, 4) is 10.6 Å². The van der Waals surface area contributed by atoms with E-state index in [1.165, 1.54) is 0 Å². The number of nitrogens with one attached hydrogen (secondary N) is 1. The van der Waals surface area contributed by atoms with E-state index in [9.17, 15) is 0 Å². The number of anilines is 1. The first kappa shape index (κ1) is 11.1. The Morgan fingerprint density at radius 2 is 2.06 bits per heavy atom. The minimum absolute atomic E-state index is 0.443. The normalized spacial score (nSPS) is 10.8. The molecule has 0 saturated carbocycles. The van der Waals surface area contributed by atoms with Crippen molar-refractivity contribution in [1.82, 2.24) is 10.2 Å². The monoisotopic (exact) mass is 233 g/mol. The predicted octanol–water partition coefficient (Wildman–Crippen LogP) is 3.37. The molecule has 0 radical (unpaired) electrons. The maximum Gasteiger partial charge on any atom is 0.147 e. The molecule has 0 spiro atoms. The summed E-state index contributed by atoms with van der Waals surface area (Å²) in [5.74, 6) is 0.443. The number of benzene rings is 1. The summed E-state index contributed by atoms with van der Waals surface area (Å²) >= 11 is 1.66. The van der Waals surface area contributed by atoms with Gasteiger partial charge in [-0.1, -0.05) is 37.3 Å². The Hall–Kier alpha value is -1.42. The molecule has 1 aromatic heterocycles. The zero-order valence-electron chi connectivity index (χ0n) is 9.69. The van der Waals surface area contributed by atoms with Gasteiger partial charge in [-0.15, -0.1) is 10.2 Å². The van der Waals surface area contributed by atoms with E-state index in [1.54, 1.807) is 11.3 Å². The second kappa shape index (κ2) is 4.61. The average Bonchev–Trinajstić information content (AvgIpc) is 2.78. The van der Waals surface area contributed by atoms with E-state index in [0.29, 0.717) is 5.92 Å². The molecule has 0 saturated heterocycles. The van der Waals surface area contributed by atoms with Crippen LogP contribution in [0.25, 0.3) is 10.6 Å². The topological polar surface area (TPSA) is 37.8 Å². The third-order valence-electron chi connectivity index (χ3n) is 2.33. The summed E-state index contributed by atoms with van der Waals surface area (Å²) in [5.41, 5.74) is 2.22. The maximum absolute atomic E-state index is 4.22. The molecule has 16 heavy (non-hydrogen) atoms. The van der Waals surface area contributed by atoms with Crippen LogP contribution < -0.4 is 5.32 Å². The Morgan fingerprint density at radius 3 is 2.69 bits per heavy atom. The fourth-order valence-corrected chi connectivity index (χ4v) is 2.23. The lowest BCUT2D eigenvalue weighted by molar-refractivity contribution is 0.825. The molecule has 2 aromatic rings. The summed E-state index contributed by atoms with van der Waals surface area (Å²) in [6.07, 6.45) is 0. The third kappa shape index (κ3) is 2.22. The fourth-order valence-electron chi connectivity index (χ4n) is 1.39. The first-order chi connectivity index (χ1) is 7.70. The van der Waals surface area contributed by atoms with Crippen molar-refractivity contribution in [2.75, 3.05) is 12.4 Å². The van der Waals surface area contributed by atoms with Crippen molar-refractivity contribution in [3.05, 3.63) is 29.3 Å². The van der Waals surface area contributed by atoms with Crippen molar-refractivity contribution in [2.24, 2.45) is 0 Å². The molecule has 1 aromatic carbocycles. The molecule has 0 bridgehead atoms. The Morgan fingerprint density at radius 1 is 1.25 bits per heavy atom. The average molecular weight is 233 g/mol. The minimum atomic E-state index is 0.443. The summed E-state index contributed by atoms with van der Waals surface area (Å²) in [4.78, 5) is 0. The first-order valence-electron chi connectivity index (χ1n) is 5.32. The van der Waals surface area contributed by atoms with Gasteiger partial charge >= 0.3 is 0 Å². The number of hydrogen-bond donors (Lipinski definition) is 1. The van der Waals surface area contributed by atoms with Crippen LogP contribution in [0.3, 0.4) is 0 Å². The zero-order valence-corrected chi connectivity index (χ0v) is 10.5. The SMILES string of the molecule is CNc1cccc(-c2nnc(C(C)C)s2)c1. The van der Waals surface area contributed by atoms with Crippen LogP contribution in [0.4, 0.5) is 5.69 Å². The first-order valence-corrected chi connectivity index (χ1v) is 6.14. The van der Waals surface area contributed by atoms with Crippen LogP contribution in [0.15, 0.2) is 24.3 Å². The summed E-state index contributed by atoms with van der Waals surface area (Å²) in [6.45, 7) is 4.27. The van der Waals surface area contributed by atoms with E-state index in [2.05, 4.69) is 41.5 Å². The standard InChI is InChI=1S/C12H15N3S/c1-8(2)11-14-15-12(16-11)9-5-4-6-10(7-9)13-3/h4-8,13H,1-3H3. The van der Waals surface area contributed by atoms with Gasteiger partial charge < -0.3 is 5.32 Å². The molecule has 3 nitrogen and oxygen atoms in total. The van der Waals surface area contributed by atoms with Crippen molar-refractivity contribution in [1.29, 1.82) is 0 Å². The Kier molecular flexibility index (Phi) is 3.19. The predicted molar refractivity (Wildman–Crippen MR) is 69.0 cm³/mol. The molecule has 0 aliphatic heterocycles. The lowest BCUT2D eigenvalue weighted by atomic mass is 10.2. The molecule has 0 fully saturated rings. The third-order valence-corrected chi connectivity index (χ3v) is 3.61. The highest BCUT2D eigenvalue weighted by Crippen LogP contribution is 2.28. The van der Waals surface area contributed by atoms with E-state index < -0.39 is 0 Å². The van der Waals surface area contributed by atoms with Crippen molar-refractivity contribution in [3.63, 3.8) is 0 Å². The summed E-state index contributed by atoms with van der Waals surface area (Å²) in [7, 11) is 1.92. The van der Waals surface area contributed by atoms with Gasteiger partial charge in [0.25, 0.3) is 0 Å². The fraction of sp³-hybridized carbons (Fsp3) is 0.333. The number of nitrogens with zero attached hydrogens (tertiary/aromatic N) is 2. The maximum atomic E-state index is 4.22. The van der Waals surface area contributed by atoms with Gasteiger partial charge in [-0.3, -0.25) is 0 Å². The Balaban J connectivity index is 2.34. The van der Waals surface area contributed by atoms with Gasteiger partial charge in [0.15, 0.2) is 0 Å². The highest BCUT2D eigenvalue weighted by atomic mass is 32.1. The number of hydrogen-bond acceptors (Lipinski definition) is 4. The summed E-state index contributed by atoms with van der Waals surface area (Å²) in [5, 5.41) is 13.6. The van der Waals surface area contributed by atoms with E-state index in [0.717, 1.165) is 21.3 Å². The van der Waals surface area contributed by atoms with Crippen LogP contribution in [0.5, 0.6) is 0 Å². The van der Waals surface area contributed by atoms with Gasteiger partial charge in [0.05, 0.1) is 0 Å². The van der Waals surface area contributed by atoms with Crippen LogP contribution in [-0.2, 0) is 0 Å². The highest BCUT2D eigenvalue weighted by molar-refractivity contribution is 7.14. The molecule has 0 unspecified atom stereocenters. The zero-order chi connectivity index (χ0) is 11.5. The van der Waals surface area contributed by atoms with Crippen LogP contribution in [-0.4, -0.2) is 17.2 Å². The van der Waals surface area contributed by atoms with E-state index in [-0.39, 0.29) is 0 Å². The minimum Gasteiger partial charge on any atom is -0.388 e. The van der Waals surface area contributed by atoms with Gasteiger partial charge in [0.1, 0.15) is 10.0 Å². The molecule has 2 rings (SSSR count). The second-order valence-corrected chi connectivity index (χ2v) is 4.94. The van der Waals surface area contributed by atoms with E-state index >= 15 is 0 Å². The van der Waals surface area contributed by atoms with Crippen molar-refractivity contribution < 1.29 is 0 Å². The highest BCUT2D eigenvalue weighted by Gasteiger charge is 2.09. The summed E-state index contributed by atoms with van der Waals surface area (Å²) in [6, 6.07) is 8.21. The molecule has 1 N–H and O–H groups in total. The van der Waals surface area contributed by atoms with Crippen LogP contribution in [0.1, 0.15) is 24.8 Å². The Labute approximate surface area is 99.5 Å². The molecule has 0 aliphatic rings. The van der Waals surface area contributed by atoms with Crippen molar-refractivity contribution in [2.45, 2.75) is 19.8 Å². The van der Waals surface area contributed by atoms with Crippen molar-refractivity contribution >= 4 is 17.0 Å². The molecular weight excluding hydrogens is 218 g/mol. The molecule has 0 aliphatic carbocycles. The molecule has 4 heteroatoms. The molecule has 84 valence electrons. The Bertz CT molecular complexity index is 477. The van der Waals surface area contributed by atoms with Gasteiger partial charge in [-0.05, 0) is 12.1 Å². The van der Waals surface area contributed by atoms with Gasteiger partial charge in [0.2, 0.25) is 0 Å². The quantitative estimate of drug-likeness (QED) is 0.883. The molecule has 0 atom stereocenters. The lowest BCUT2D eigenvalue weighted by Crippen LogP contribution is -1.87. The van der Waals surface area contributed by atoms with Gasteiger partial charge in [0, 0.05) is 24.2 Å². The van der Waals surface area contributed by atoms with Gasteiger partial charge in [-0.2, -0.15) is 0 Å². The van der Waals surface area contributed by atoms with E-state index in [1.807, 2.05) is 19.2 Å². The molecular formula is C12H15N3S. The second-order valence-electron chi connectivity index (χ2n) is 3.93. The molecule has 0 amide bonds. The van der Waals surface area contributed by atoms with Crippen LogP contribution in [0.2, 0.25) is 0 Å². The van der Waals surface area contributed by atoms with Gasteiger partial charge in [-0.25, -0.2) is 0 Å². The summed E-state index contributed by atoms with van der Waals surface area (Å²) < 4.78 is 0. The largest absolute Gasteiger partial charge is 0.388 e.